The van der Waals surface area contributed by atoms with E-state index in [-0.39, 0.29) is 11.3 Å². The third kappa shape index (κ3) is 2.28. The first-order chi connectivity index (χ1) is 13.7. The molecule has 2 aromatic heterocycles. The number of amides is 1. The van der Waals surface area contributed by atoms with E-state index in [9.17, 15) is 4.79 Å². The van der Waals surface area contributed by atoms with Crippen LogP contribution >= 0.6 is 11.6 Å². The number of hydrogen-bond donors (Lipinski definition) is 0. The number of anilines is 1. The predicted molar refractivity (Wildman–Crippen MR) is 105 cm³/mol. The van der Waals surface area contributed by atoms with Crippen molar-refractivity contribution in [2.24, 2.45) is 5.92 Å². The molecule has 1 saturated heterocycles. The maximum atomic E-state index is 13.2. The highest BCUT2D eigenvalue weighted by Gasteiger charge is 2.59. The Balaban J connectivity index is 1.43. The summed E-state index contributed by atoms with van der Waals surface area (Å²) >= 11 is 6.19. The average molecular weight is 395 g/mol. The van der Waals surface area contributed by atoms with Crippen molar-refractivity contribution >= 4 is 34.2 Å². The molecule has 1 spiro atoms. The van der Waals surface area contributed by atoms with Gasteiger partial charge in [0.2, 0.25) is 5.91 Å². The SMILES string of the molecule is O=C1N(Cc2nc3cc(Cl)ccc3n2CC2COC2)c2cnccc2C12CC2. The number of hydrogen-bond acceptors (Lipinski definition) is 4. The fourth-order valence-electron chi connectivity index (χ4n) is 4.52. The number of pyridine rings is 1. The minimum atomic E-state index is -0.319. The number of aromatic nitrogens is 3. The molecule has 7 heteroatoms. The Morgan fingerprint density at radius 2 is 2.11 bits per heavy atom. The Kier molecular flexibility index (Phi) is 3.41. The molecular weight excluding hydrogens is 376 g/mol. The molecule has 3 aliphatic rings. The number of imidazole rings is 1. The second kappa shape index (κ2) is 5.78. The van der Waals surface area contributed by atoms with Crippen molar-refractivity contribution in [1.82, 2.24) is 14.5 Å². The molecule has 1 amide bonds. The molecule has 142 valence electrons. The van der Waals surface area contributed by atoms with E-state index in [0.717, 1.165) is 60.7 Å². The molecular formula is C21H19ClN4O2. The summed E-state index contributed by atoms with van der Waals surface area (Å²) in [5, 5.41) is 0.666. The highest BCUT2D eigenvalue weighted by atomic mass is 35.5. The molecule has 3 aromatic rings. The molecule has 28 heavy (non-hydrogen) atoms. The second-order valence-corrected chi connectivity index (χ2v) is 8.48. The number of carbonyl (C=O) groups excluding carboxylic acids is 1. The fourth-order valence-corrected chi connectivity index (χ4v) is 4.69. The Labute approximate surface area is 167 Å². The molecule has 0 N–H and O–H groups in total. The van der Waals surface area contributed by atoms with E-state index in [1.807, 2.05) is 35.4 Å². The average Bonchev–Trinajstić information content (AvgIpc) is 3.35. The molecule has 1 saturated carbocycles. The smallest absolute Gasteiger partial charge is 0.238 e. The number of nitrogens with zero attached hydrogens (tertiary/aromatic N) is 4. The van der Waals surface area contributed by atoms with Crippen molar-refractivity contribution in [3.8, 4) is 0 Å². The van der Waals surface area contributed by atoms with Gasteiger partial charge in [-0.3, -0.25) is 9.78 Å². The normalized spacial score (nSPS) is 20.0. The van der Waals surface area contributed by atoms with Gasteiger partial charge in [0.25, 0.3) is 0 Å². The zero-order valence-corrected chi connectivity index (χ0v) is 16.0. The van der Waals surface area contributed by atoms with Crippen molar-refractivity contribution in [3.63, 3.8) is 0 Å². The highest BCUT2D eigenvalue weighted by Crippen LogP contribution is 2.57. The minimum Gasteiger partial charge on any atom is -0.381 e. The lowest BCUT2D eigenvalue weighted by Gasteiger charge is -2.27. The summed E-state index contributed by atoms with van der Waals surface area (Å²) in [5.74, 6) is 1.54. The van der Waals surface area contributed by atoms with Crippen LogP contribution in [0.25, 0.3) is 11.0 Å². The number of benzene rings is 1. The maximum Gasteiger partial charge on any atom is 0.238 e. The third-order valence-electron chi connectivity index (χ3n) is 6.25. The predicted octanol–water partition coefficient (Wildman–Crippen LogP) is 3.31. The summed E-state index contributed by atoms with van der Waals surface area (Å²) in [6.45, 7) is 2.82. The molecule has 0 radical (unpaired) electrons. The number of rotatable bonds is 4. The van der Waals surface area contributed by atoms with E-state index in [4.69, 9.17) is 21.3 Å². The van der Waals surface area contributed by atoms with Crippen molar-refractivity contribution in [1.29, 1.82) is 0 Å². The first kappa shape index (κ1) is 16.5. The maximum absolute atomic E-state index is 13.2. The van der Waals surface area contributed by atoms with E-state index in [0.29, 0.717) is 17.5 Å². The molecule has 0 atom stereocenters. The molecule has 1 aromatic carbocycles. The zero-order valence-electron chi connectivity index (χ0n) is 15.3. The van der Waals surface area contributed by atoms with Crippen LogP contribution in [0.4, 0.5) is 5.69 Å². The first-order valence-electron chi connectivity index (χ1n) is 9.65. The van der Waals surface area contributed by atoms with Crippen molar-refractivity contribution in [2.45, 2.75) is 31.3 Å². The monoisotopic (exact) mass is 394 g/mol. The molecule has 2 aliphatic heterocycles. The Bertz CT molecular complexity index is 1120. The van der Waals surface area contributed by atoms with Gasteiger partial charge < -0.3 is 14.2 Å². The summed E-state index contributed by atoms with van der Waals surface area (Å²) in [4.78, 5) is 24.2. The molecule has 6 rings (SSSR count). The molecule has 0 unspecified atom stereocenters. The summed E-state index contributed by atoms with van der Waals surface area (Å²) in [6, 6.07) is 7.78. The Hall–Kier alpha value is -2.44. The topological polar surface area (TPSA) is 60.2 Å². The van der Waals surface area contributed by atoms with Gasteiger partial charge in [-0.2, -0.15) is 0 Å². The van der Waals surface area contributed by atoms with Crippen LogP contribution in [0.1, 0.15) is 24.2 Å². The van der Waals surface area contributed by atoms with Crippen molar-refractivity contribution in [3.05, 3.63) is 53.1 Å². The van der Waals surface area contributed by atoms with E-state index >= 15 is 0 Å². The highest BCUT2D eigenvalue weighted by molar-refractivity contribution is 6.31. The fraction of sp³-hybridized carbons (Fsp3) is 0.381. The van der Waals surface area contributed by atoms with Crippen LogP contribution in [0.3, 0.4) is 0 Å². The van der Waals surface area contributed by atoms with Gasteiger partial charge in [-0.15, -0.1) is 0 Å². The molecule has 1 aliphatic carbocycles. The summed E-state index contributed by atoms with van der Waals surface area (Å²) < 4.78 is 7.58. The summed E-state index contributed by atoms with van der Waals surface area (Å²) in [7, 11) is 0. The van der Waals surface area contributed by atoms with Crippen molar-refractivity contribution in [2.75, 3.05) is 18.1 Å². The second-order valence-electron chi connectivity index (χ2n) is 8.04. The molecule has 2 fully saturated rings. The minimum absolute atomic E-state index is 0.180. The molecule has 6 nitrogen and oxygen atoms in total. The van der Waals surface area contributed by atoms with Crippen LogP contribution in [0, 0.1) is 5.92 Å². The van der Waals surface area contributed by atoms with Gasteiger partial charge in [0, 0.05) is 23.7 Å². The lowest BCUT2D eigenvalue weighted by molar-refractivity contribution is -0.120. The van der Waals surface area contributed by atoms with E-state index in [2.05, 4.69) is 9.55 Å². The standard InChI is InChI=1S/C21H19ClN4O2/c22-14-1-2-17-16(7-14)24-19(25(17)9-13-11-28-12-13)10-26-18-8-23-6-3-15(18)21(4-5-21)20(26)27/h1-3,6-8,13H,4-5,9-12H2. The Morgan fingerprint density at radius 1 is 1.25 bits per heavy atom. The van der Waals surface area contributed by atoms with Crippen LogP contribution in [-0.2, 0) is 28.0 Å². The van der Waals surface area contributed by atoms with Crippen LogP contribution in [-0.4, -0.2) is 33.7 Å². The van der Waals surface area contributed by atoms with Gasteiger partial charge in [-0.25, -0.2) is 4.98 Å². The molecule has 0 bridgehead atoms. The van der Waals surface area contributed by atoms with Crippen LogP contribution in [0.15, 0.2) is 36.7 Å². The quantitative estimate of drug-likeness (QED) is 0.681. The van der Waals surface area contributed by atoms with E-state index in [1.165, 1.54) is 0 Å². The lowest BCUT2D eigenvalue weighted by atomic mass is 9.99. The van der Waals surface area contributed by atoms with Crippen LogP contribution in [0.2, 0.25) is 5.02 Å². The first-order valence-corrected chi connectivity index (χ1v) is 10.0. The number of halogens is 1. The van der Waals surface area contributed by atoms with Gasteiger partial charge in [0.15, 0.2) is 0 Å². The van der Waals surface area contributed by atoms with Crippen LogP contribution in [0.5, 0.6) is 0 Å². The van der Waals surface area contributed by atoms with E-state index in [1.54, 1.807) is 6.20 Å². The van der Waals surface area contributed by atoms with Gasteiger partial charge in [-0.05, 0) is 42.7 Å². The van der Waals surface area contributed by atoms with Crippen molar-refractivity contribution < 1.29 is 9.53 Å². The number of fused-ring (bicyclic) bond motifs is 3. The Morgan fingerprint density at radius 3 is 2.86 bits per heavy atom. The summed E-state index contributed by atoms with van der Waals surface area (Å²) in [5.41, 5.74) is 3.63. The number of ether oxygens (including phenoxy) is 1. The van der Waals surface area contributed by atoms with Crippen LogP contribution < -0.4 is 4.90 Å². The summed E-state index contributed by atoms with van der Waals surface area (Å²) in [6.07, 6.45) is 5.43. The van der Waals surface area contributed by atoms with Gasteiger partial charge in [0.1, 0.15) is 5.82 Å². The largest absolute Gasteiger partial charge is 0.381 e. The molecule has 4 heterocycles. The number of carbonyl (C=O) groups is 1. The van der Waals surface area contributed by atoms with Gasteiger partial charge >= 0.3 is 0 Å². The zero-order chi connectivity index (χ0) is 18.9. The van der Waals surface area contributed by atoms with Gasteiger partial charge in [0.05, 0.1) is 48.1 Å². The third-order valence-corrected chi connectivity index (χ3v) is 6.48. The van der Waals surface area contributed by atoms with Gasteiger partial charge in [-0.1, -0.05) is 11.6 Å². The lowest BCUT2D eigenvalue weighted by Crippen LogP contribution is -2.34. The van der Waals surface area contributed by atoms with E-state index < -0.39 is 0 Å².